The molecule has 0 unspecified atom stereocenters. The Morgan fingerprint density at radius 1 is 1.29 bits per heavy atom. The number of piperidine rings is 1. The fraction of sp³-hybridized carbons (Fsp3) is 0.667. The lowest BCUT2D eigenvalue weighted by molar-refractivity contribution is 0.208. The van der Waals surface area contributed by atoms with Crippen molar-refractivity contribution in [3.05, 3.63) is 17.0 Å². The molecule has 0 amide bonds. The second kappa shape index (κ2) is 6.59. The zero-order chi connectivity index (χ0) is 14.7. The Kier molecular flexibility index (Phi) is 4.57. The van der Waals surface area contributed by atoms with Crippen LogP contribution in [0.15, 0.2) is 6.07 Å². The minimum atomic E-state index is 0.512. The number of likely N-dealkylation sites (tertiary alicyclic amines) is 1. The van der Waals surface area contributed by atoms with Gasteiger partial charge < -0.3 is 5.32 Å². The van der Waals surface area contributed by atoms with Gasteiger partial charge in [-0.05, 0) is 44.7 Å². The van der Waals surface area contributed by atoms with Crippen LogP contribution >= 0.6 is 11.6 Å². The molecule has 1 aromatic rings. The Morgan fingerprint density at radius 2 is 2.05 bits per heavy atom. The highest BCUT2D eigenvalue weighted by molar-refractivity contribution is 6.29. The average molecular weight is 306 g/mol. The standard InChI is InChI=1S/C15H20ClN5/c16-13-9-14(20-15(19-13)12-1-2-12)18-10-11-3-6-21(7-4-11)8-5-17/h9,11-12H,1-4,6-8,10H2,(H,18,19,20). The minimum Gasteiger partial charge on any atom is -0.370 e. The van der Waals surface area contributed by atoms with E-state index in [0.29, 0.717) is 23.5 Å². The third-order valence-electron chi connectivity index (χ3n) is 4.23. The number of rotatable bonds is 5. The number of nitrogens with one attached hydrogen (secondary N) is 1. The van der Waals surface area contributed by atoms with Gasteiger partial charge in [-0.3, -0.25) is 4.90 Å². The van der Waals surface area contributed by atoms with E-state index < -0.39 is 0 Å². The molecule has 0 atom stereocenters. The first-order valence-electron chi connectivity index (χ1n) is 7.62. The number of anilines is 1. The molecule has 1 saturated carbocycles. The third-order valence-corrected chi connectivity index (χ3v) is 4.42. The average Bonchev–Trinajstić information content (AvgIpc) is 3.31. The zero-order valence-electron chi connectivity index (χ0n) is 12.1. The fourth-order valence-corrected chi connectivity index (χ4v) is 2.94. The van der Waals surface area contributed by atoms with Gasteiger partial charge in [0.2, 0.25) is 0 Å². The van der Waals surface area contributed by atoms with E-state index >= 15 is 0 Å². The molecule has 2 heterocycles. The van der Waals surface area contributed by atoms with Gasteiger partial charge in [0.05, 0.1) is 12.6 Å². The number of hydrogen-bond donors (Lipinski definition) is 1. The SMILES string of the molecule is N#CCN1CCC(CNc2cc(Cl)nc(C3CC3)n2)CC1. The molecule has 1 saturated heterocycles. The number of nitriles is 1. The third kappa shape index (κ3) is 4.05. The molecule has 1 aromatic heterocycles. The molecule has 1 N–H and O–H groups in total. The van der Waals surface area contributed by atoms with Crippen LogP contribution in [-0.2, 0) is 0 Å². The lowest BCUT2D eigenvalue weighted by atomic mass is 9.97. The van der Waals surface area contributed by atoms with E-state index in [9.17, 15) is 0 Å². The Bertz CT molecular complexity index is 529. The molecule has 0 aromatic carbocycles. The van der Waals surface area contributed by atoms with Crippen LogP contribution in [0.3, 0.4) is 0 Å². The Hall–Kier alpha value is -1.38. The number of nitrogens with zero attached hydrogens (tertiary/aromatic N) is 4. The van der Waals surface area contributed by atoms with Crippen molar-refractivity contribution in [3.8, 4) is 6.07 Å². The van der Waals surface area contributed by atoms with E-state index in [0.717, 1.165) is 44.1 Å². The second-order valence-electron chi connectivity index (χ2n) is 5.97. The monoisotopic (exact) mass is 305 g/mol. The summed E-state index contributed by atoms with van der Waals surface area (Å²) in [5.74, 6) is 2.88. The number of halogens is 1. The van der Waals surface area contributed by atoms with E-state index in [1.165, 1.54) is 12.8 Å². The predicted molar refractivity (Wildman–Crippen MR) is 82.3 cm³/mol. The maximum Gasteiger partial charge on any atom is 0.135 e. The topological polar surface area (TPSA) is 64.8 Å². The largest absolute Gasteiger partial charge is 0.370 e. The van der Waals surface area contributed by atoms with Crippen molar-refractivity contribution in [2.75, 3.05) is 31.5 Å². The molecule has 1 aliphatic heterocycles. The van der Waals surface area contributed by atoms with Crippen molar-refractivity contribution < 1.29 is 0 Å². The summed E-state index contributed by atoms with van der Waals surface area (Å²) in [6.45, 7) is 3.49. The number of hydrogen-bond acceptors (Lipinski definition) is 5. The lowest BCUT2D eigenvalue weighted by Gasteiger charge is -2.30. The highest BCUT2D eigenvalue weighted by Crippen LogP contribution is 2.38. The number of aromatic nitrogens is 2. The van der Waals surface area contributed by atoms with E-state index in [4.69, 9.17) is 16.9 Å². The first-order chi connectivity index (χ1) is 10.2. The maximum atomic E-state index is 8.71. The van der Waals surface area contributed by atoms with Crippen molar-refractivity contribution in [3.63, 3.8) is 0 Å². The van der Waals surface area contributed by atoms with Crippen LogP contribution < -0.4 is 5.32 Å². The van der Waals surface area contributed by atoms with Gasteiger partial charge in [0.1, 0.15) is 16.8 Å². The lowest BCUT2D eigenvalue weighted by Crippen LogP contribution is -2.36. The fourth-order valence-electron chi connectivity index (χ4n) is 2.75. The molecule has 1 aliphatic carbocycles. The van der Waals surface area contributed by atoms with Crippen LogP contribution in [0.5, 0.6) is 0 Å². The van der Waals surface area contributed by atoms with Crippen LogP contribution in [0, 0.1) is 17.2 Å². The van der Waals surface area contributed by atoms with Crippen molar-refractivity contribution in [2.24, 2.45) is 5.92 Å². The van der Waals surface area contributed by atoms with Crippen LogP contribution in [-0.4, -0.2) is 41.0 Å². The van der Waals surface area contributed by atoms with Crippen molar-refractivity contribution in [1.29, 1.82) is 5.26 Å². The van der Waals surface area contributed by atoms with Gasteiger partial charge in [-0.15, -0.1) is 0 Å². The Balaban J connectivity index is 1.50. The summed E-state index contributed by atoms with van der Waals surface area (Å²) in [7, 11) is 0. The summed E-state index contributed by atoms with van der Waals surface area (Å²) in [6, 6.07) is 4.02. The molecule has 2 fully saturated rings. The summed E-state index contributed by atoms with van der Waals surface area (Å²) >= 11 is 6.07. The molecule has 0 radical (unpaired) electrons. The van der Waals surface area contributed by atoms with Gasteiger partial charge in [0, 0.05) is 18.5 Å². The first kappa shape index (κ1) is 14.6. The van der Waals surface area contributed by atoms with Gasteiger partial charge in [-0.25, -0.2) is 9.97 Å². The first-order valence-corrected chi connectivity index (χ1v) is 8.00. The molecule has 0 spiro atoms. The quantitative estimate of drug-likeness (QED) is 0.669. The summed E-state index contributed by atoms with van der Waals surface area (Å²) < 4.78 is 0. The highest BCUT2D eigenvalue weighted by atomic mass is 35.5. The molecule has 5 nitrogen and oxygen atoms in total. The predicted octanol–water partition coefficient (Wildman–Crippen LogP) is 2.65. The Morgan fingerprint density at radius 3 is 2.71 bits per heavy atom. The van der Waals surface area contributed by atoms with Gasteiger partial charge >= 0.3 is 0 Å². The van der Waals surface area contributed by atoms with E-state index in [-0.39, 0.29) is 0 Å². The van der Waals surface area contributed by atoms with Crippen molar-refractivity contribution in [2.45, 2.75) is 31.6 Å². The maximum absolute atomic E-state index is 8.71. The van der Waals surface area contributed by atoms with Crippen LogP contribution in [0.4, 0.5) is 5.82 Å². The normalized spacial score (nSPS) is 20.2. The van der Waals surface area contributed by atoms with Crippen molar-refractivity contribution in [1.82, 2.24) is 14.9 Å². The summed E-state index contributed by atoms with van der Waals surface area (Å²) in [6.07, 6.45) is 4.61. The van der Waals surface area contributed by atoms with Crippen LogP contribution in [0.1, 0.15) is 37.4 Å². The van der Waals surface area contributed by atoms with Crippen LogP contribution in [0.2, 0.25) is 5.15 Å². The smallest absolute Gasteiger partial charge is 0.135 e. The molecular formula is C15H20ClN5. The van der Waals surface area contributed by atoms with Gasteiger partial charge in [0.25, 0.3) is 0 Å². The van der Waals surface area contributed by atoms with Gasteiger partial charge in [0.15, 0.2) is 0 Å². The van der Waals surface area contributed by atoms with E-state index in [1.54, 1.807) is 6.07 Å². The second-order valence-corrected chi connectivity index (χ2v) is 6.35. The van der Waals surface area contributed by atoms with Gasteiger partial charge in [-0.1, -0.05) is 11.6 Å². The van der Waals surface area contributed by atoms with E-state index in [1.807, 2.05) is 0 Å². The van der Waals surface area contributed by atoms with Crippen molar-refractivity contribution >= 4 is 17.4 Å². The molecule has 0 bridgehead atoms. The highest BCUT2D eigenvalue weighted by Gasteiger charge is 2.27. The molecule has 2 aliphatic rings. The zero-order valence-corrected chi connectivity index (χ0v) is 12.8. The summed E-state index contributed by atoms with van der Waals surface area (Å²) in [5, 5.41) is 12.6. The molecule has 21 heavy (non-hydrogen) atoms. The molecular weight excluding hydrogens is 286 g/mol. The molecule has 6 heteroatoms. The van der Waals surface area contributed by atoms with E-state index in [2.05, 4.69) is 26.3 Å². The molecule has 112 valence electrons. The van der Waals surface area contributed by atoms with Crippen LogP contribution in [0.25, 0.3) is 0 Å². The Labute approximate surface area is 130 Å². The van der Waals surface area contributed by atoms with Gasteiger partial charge in [-0.2, -0.15) is 5.26 Å². The summed E-state index contributed by atoms with van der Waals surface area (Å²) in [5.41, 5.74) is 0. The summed E-state index contributed by atoms with van der Waals surface area (Å²) in [4.78, 5) is 11.1. The minimum absolute atomic E-state index is 0.512. The molecule has 3 rings (SSSR count).